The lowest BCUT2D eigenvalue weighted by molar-refractivity contribution is 0.331. The van der Waals surface area contributed by atoms with Crippen LogP contribution >= 0.6 is 0 Å². The first-order valence-electron chi connectivity index (χ1n) is 4.45. The van der Waals surface area contributed by atoms with Crippen LogP contribution in [0.5, 0.6) is 17.2 Å². The molecule has 76 valence electrons. The van der Waals surface area contributed by atoms with Crippen LogP contribution in [0.3, 0.4) is 0 Å². The summed E-state index contributed by atoms with van der Waals surface area (Å²) in [4.78, 5) is 0. The summed E-state index contributed by atoms with van der Waals surface area (Å²) in [5, 5.41) is 13.0. The second-order valence-electron chi connectivity index (χ2n) is 3.20. The fraction of sp³-hybridized carbons (Fsp3) is 0.400. The number of benzene rings is 1. The maximum absolute atomic E-state index is 9.87. The molecular weight excluding hydrogens is 182 g/mol. The predicted octanol–water partition coefficient (Wildman–Crippen LogP) is 1.05. The molecular formula is C10H13NO3. The summed E-state index contributed by atoms with van der Waals surface area (Å²) < 4.78 is 10.1. The summed E-state index contributed by atoms with van der Waals surface area (Å²) in [6.45, 7) is 0.906. The van der Waals surface area contributed by atoms with E-state index in [1.54, 1.807) is 13.2 Å². The lowest BCUT2D eigenvalue weighted by Crippen LogP contribution is -1.94. The number of phenolic OH excluding ortho intramolecular Hbond substituents is 1. The van der Waals surface area contributed by atoms with Gasteiger partial charge in [-0.2, -0.15) is 0 Å². The maximum Gasteiger partial charge on any atom is 0.203 e. The van der Waals surface area contributed by atoms with Crippen LogP contribution in [0.25, 0.3) is 0 Å². The van der Waals surface area contributed by atoms with Gasteiger partial charge in [-0.05, 0) is 12.1 Å². The summed E-state index contributed by atoms with van der Waals surface area (Å²) in [6, 6.07) is 3.91. The van der Waals surface area contributed by atoms with Crippen molar-refractivity contribution < 1.29 is 14.6 Å². The Labute approximate surface area is 82.5 Å². The van der Waals surface area contributed by atoms with Gasteiger partial charge in [-0.15, -0.1) is 0 Å². The molecule has 4 heteroatoms. The third kappa shape index (κ3) is 1.37. The predicted molar refractivity (Wildman–Crippen MR) is 52.0 cm³/mol. The Hall–Kier alpha value is -1.42. The minimum Gasteiger partial charge on any atom is -0.504 e. The number of hydrogen-bond acceptors (Lipinski definition) is 4. The van der Waals surface area contributed by atoms with E-state index >= 15 is 0 Å². The highest BCUT2D eigenvalue weighted by Gasteiger charge is 2.27. The lowest BCUT2D eigenvalue weighted by atomic mass is 10.1. The second kappa shape index (κ2) is 3.38. The molecule has 0 amide bonds. The van der Waals surface area contributed by atoms with Gasteiger partial charge in [0.25, 0.3) is 0 Å². The van der Waals surface area contributed by atoms with Gasteiger partial charge in [0, 0.05) is 18.2 Å². The van der Waals surface area contributed by atoms with Crippen molar-refractivity contribution in [2.24, 2.45) is 0 Å². The standard InChI is InChI=1S/C10H13NO3/c1-13-8-4-3-6(7-5-11-7)9(12)10(8)14-2/h3-4,7,11-12H,5H2,1-2H3/t7-/m1/s1. The second-order valence-corrected chi connectivity index (χ2v) is 3.20. The van der Waals surface area contributed by atoms with E-state index < -0.39 is 0 Å². The van der Waals surface area contributed by atoms with Crippen LogP contribution in [0.4, 0.5) is 0 Å². The van der Waals surface area contributed by atoms with Crippen molar-refractivity contribution in [3.05, 3.63) is 17.7 Å². The van der Waals surface area contributed by atoms with E-state index in [0.29, 0.717) is 11.5 Å². The van der Waals surface area contributed by atoms with Crippen LogP contribution in [0, 0.1) is 0 Å². The van der Waals surface area contributed by atoms with Crippen LogP contribution in [0.2, 0.25) is 0 Å². The SMILES string of the molecule is COc1ccc([C@H]2CN2)c(O)c1OC. The maximum atomic E-state index is 9.87. The molecule has 14 heavy (non-hydrogen) atoms. The van der Waals surface area contributed by atoms with E-state index in [1.165, 1.54) is 7.11 Å². The molecule has 2 N–H and O–H groups in total. The van der Waals surface area contributed by atoms with Gasteiger partial charge in [0.2, 0.25) is 5.75 Å². The minimum atomic E-state index is 0.168. The molecule has 1 heterocycles. The van der Waals surface area contributed by atoms with E-state index in [2.05, 4.69) is 5.32 Å². The van der Waals surface area contributed by atoms with Gasteiger partial charge in [-0.1, -0.05) is 0 Å². The summed E-state index contributed by atoms with van der Waals surface area (Å²) in [6.07, 6.45) is 0. The van der Waals surface area contributed by atoms with Gasteiger partial charge >= 0.3 is 0 Å². The van der Waals surface area contributed by atoms with Crippen molar-refractivity contribution in [1.82, 2.24) is 5.32 Å². The Morgan fingerprint density at radius 1 is 1.36 bits per heavy atom. The molecule has 0 aliphatic carbocycles. The smallest absolute Gasteiger partial charge is 0.203 e. The Morgan fingerprint density at radius 3 is 2.57 bits per heavy atom. The summed E-state index contributed by atoms with van der Waals surface area (Å²) in [7, 11) is 3.06. The molecule has 1 fully saturated rings. The molecule has 1 atom stereocenters. The van der Waals surface area contributed by atoms with Crippen molar-refractivity contribution >= 4 is 0 Å². The molecule has 4 nitrogen and oxygen atoms in total. The van der Waals surface area contributed by atoms with Crippen molar-refractivity contribution in [3.63, 3.8) is 0 Å². The van der Waals surface area contributed by atoms with E-state index in [-0.39, 0.29) is 11.8 Å². The fourth-order valence-electron chi connectivity index (χ4n) is 1.49. The average molecular weight is 195 g/mol. The first kappa shape index (κ1) is 9.15. The van der Waals surface area contributed by atoms with Crippen molar-refractivity contribution in [2.75, 3.05) is 20.8 Å². The monoisotopic (exact) mass is 195 g/mol. The number of methoxy groups -OCH3 is 2. The third-order valence-corrected chi connectivity index (χ3v) is 2.33. The molecule has 0 radical (unpaired) electrons. The Morgan fingerprint density at radius 2 is 2.07 bits per heavy atom. The van der Waals surface area contributed by atoms with E-state index in [1.807, 2.05) is 6.07 Å². The fourth-order valence-corrected chi connectivity index (χ4v) is 1.49. The molecule has 0 bridgehead atoms. The quantitative estimate of drug-likeness (QED) is 0.708. The summed E-state index contributed by atoms with van der Waals surface area (Å²) in [5.41, 5.74) is 0.864. The Bertz CT molecular complexity index is 347. The zero-order valence-corrected chi connectivity index (χ0v) is 8.20. The molecule has 0 saturated carbocycles. The van der Waals surface area contributed by atoms with Gasteiger partial charge < -0.3 is 19.9 Å². The molecule has 1 saturated heterocycles. The van der Waals surface area contributed by atoms with Gasteiger partial charge in [-0.25, -0.2) is 0 Å². The van der Waals surface area contributed by atoms with Gasteiger partial charge in [-0.3, -0.25) is 0 Å². The van der Waals surface area contributed by atoms with E-state index in [0.717, 1.165) is 12.1 Å². The summed E-state index contributed by atoms with van der Waals surface area (Å²) in [5.74, 6) is 1.12. The van der Waals surface area contributed by atoms with Crippen molar-refractivity contribution in [3.8, 4) is 17.2 Å². The highest BCUT2D eigenvalue weighted by atomic mass is 16.5. The average Bonchev–Trinajstić information content (AvgIpc) is 3.00. The summed E-state index contributed by atoms with van der Waals surface area (Å²) >= 11 is 0. The first-order valence-corrected chi connectivity index (χ1v) is 4.45. The molecule has 2 rings (SSSR count). The normalized spacial score (nSPS) is 19.1. The van der Waals surface area contributed by atoms with Crippen LogP contribution < -0.4 is 14.8 Å². The van der Waals surface area contributed by atoms with Gasteiger partial charge in [0.15, 0.2) is 11.5 Å². The topological polar surface area (TPSA) is 60.6 Å². The van der Waals surface area contributed by atoms with Crippen molar-refractivity contribution in [2.45, 2.75) is 6.04 Å². The third-order valence-electron chi connectivity index (χ3n) is 2.33. The first-order chi connectivity index (χ1) is 6.77. The molecule has 1 aromatic carbocycles. The lowest BCUT2D eigenvalue weighted by Gasteiger charge is -2.11. The largest absolute Gasteiger partial charge is 0.504 e. The highest BCUT2D eigenvalue weighted by Crippen LogP contribution is 2.42. The van der Waals surface area contributed by atoms with Crippen LogP contribution in [-0.4, -0.2) is 25.9 Å². The molecule has 1 aromatic rings. The van der Waals surface area contributed by atoms with E-state index in [9.17, 15) is 5.11 Å². The Balaban J connectivity index is 2.45. The van der Waals surface area contributed by atoms with Crippen LogP contribution in [-0.2, 0) is 0 Å². The number of ether oxygens (including phenoxy) is 2. The number of hydrogen-bond donors (Lipinski definition) is 2. The number of nitrogens with one attached hydrogen (secondary N) is 1. The zero-order valence-electron chi connectivity index (χ0n) is 8.20. The minimum absolute atomic E-state index is 0.168. The molecule has 1 aliphatic heterocycles. The molecule has 1 aliphatic rings. The van der Waals surface area contributed by atoms with Gasteiger partial charge in [0.1, 0.15) is 0 Å². The number of aromatic hydroxyl groups is 1. The van der Waals surface area contributed by atoms with Crippen LogP contribution in [0.1, 0.15) is 11.6 Å². The molecule has 0 unspecified atom stereocenters. The zero-order chi connectivity index (χ0) is 10.1. The van der Waals surface area contributed by atoms with Gasteiger partial charge in [0.05, 0.1) is 14.2 Å². The highest BCUT2D eigenvalue weighted by molar-refractivity contribution is 5.56. The number of phenols is 1. The Kier molecular flexibility index (Phi) is 2.21. The van der Waals surface area contributed by atoms with Crippen LogP contribution in [0.15, 0.2) is 12.1 Å². The molecule has 0 spiro atoms. The molecule has 0 aromatic heterocycles. The van der Waals surface area contributed by atoms with E-state index in [4.69, 9.17) is 9.47 Å². The van der Waals surface area contributed by atoms with Crippen molar-refractivity contribution in [1.29, 1.82) is 0 Å². The number of rotatable bonds is 3.